The first-order valence-corrected chi connectivity index (χ1v) is 6.90. The van der Waals surface area contributed by atoms with Gasteiger partial charge in [0.05, 0.1) is 0 Å². The summed E-state index contributed by atoms with van der Waals surface area (Å²) >= 11 is 6.07. The van der Waals surface area contributed by atoms with E-state index >= 15 is 0 Å². The van der Waals surface area contributed by atoms with E-state index in [4.69, 9.17) is 16.3 Å². The summed E-state index contributed by atoms with van der Waals surface area (Å²) in [5.74, 6) is -1.33. The summed E-state index contributed by atoms with van der Waals surface area (Å²) in [4.78, 5) is 11.6. The molecule has 0 spiro atoms. The monoisotopic (exact) mass is 326 g/mol. The Morgan fingerprint density at radius 2 is 1.86 bits per heavy atom. The summed E-state index contributed by atoms with van der Waals surface area (Å²) in [7, 11) is 0. The zero-order chi connectivity index (χ0) is 15.9. The number of hydrogen-bond acceptors (Lipinski definition) is 2. The maximum atomic E-state index is 12.7. The Labute approximate surface area is 129 Å². The van der Waals surface area contributed by atoms with Crippen LogP contribution in [-0.2, 0) is 6.42 Å². The second-order valence-electron chi connectivity index (χ2n) is 4.94. The fraction of sp³-hybridized carbons (Fsp3) is 0.188. The van der Waals surface area contributed by atoms with E-state index in [0.29, 0.717) is 17.2 Å². The molecule has 1 aliphatic heterocycles. The second-order valence-corrected chi connectivity index (χ2v) is 5.35. The van der Waals surface area contributed by atoms with E-state index in [9.17, 15) is 18.0 Å². The summed E-state index contributed by atoms with van der Waals surface area (Å²) in [5, 5.41) is 0.500. The van der Waals surface area contributed by atoms with E-state index in [-0.39, 0.29) is 11.1 Å². The van der Waals surface area contributed by atoms with Gasteiger partial charge in [-0.15, -0.1) is 0 Å². The summed E-state index contributed by atoms with van der Waals surface area (Å²) in [6.07, 6.45) is -5.24. The number of benzene rings is 2. The topological polar surface area (TPSA) is 26.3 Å². The molecule has 2 aromatic rings. The molecule has 0 saturated carbocycles. The lowest BCUT2D eigenvalue weighted by Gasteiger charge is -2.16. The minimum atomic E-state index is -4.92. The molecule has 3 rings (SSSR count). The molecule has 1 aliphatic rings. The van der Waals surface area contributed by atoms with Gasteiger partial charge in [-0.2, -0.15) is 13.2 Å². The van der Waals surface area contributed by atoms with Crippen molar-refractivity contribution in [2.75, 3.05) is 0 Å². The van der Waals surface area contributed by atoms with Crippen molar-refractivity contribution in [1.29, 1.82) is 0 Å². The average molecular weight is 327 g/mol. The van der Waals surface area contributed by atoms with Gasteiger partial charge in [-0.25, -0.2) is 0 Å². The Morgan fingerprint density at radius 3 is 2.55 bits per heavy atom. The molecule has 0 radical (unpaired) electrons. The van der Waals surface area contributed by atoms with E-state index < -0.39 is 18.1 Å². The van der Waals surface area contributed by atoms with Gasteiger partial charge in [0.2, 0.25) is 0 Å². The van der Waals surface area contributed by atoms with E-state index in [1.807, 2.05) is 0 Å². The summed E-state index contributed by atoms with van der Waals surface area (Å²) in [6.45, 7) is 0. The van der Waals surface area contributed by atoms with Crippen LogP contribution in [0.3, 0.4) is 0 Å². The van der Waals surface area contributed by atoms with E-state index in [1.54, 1.807) is 24.3 Å². The molecule has 0 amide bonds. The number of ketones is 1. The molecular weight excluding hydrogens is 317 g/mol. The molecule has 0 bridgehead atoms. The van der Waals surface area contributed by atoms with Gasteiger partial charge in [0.15, 0.2) is 0 Å². The minimum Gasteiger partial charge on any atom is -0.485 e. The SMILES string of the molecule is O=C(c1ccccc1C1Cc2c(Cl)cccc2O1)C(F)(F)F. The lowest BCUT2D eigenvalue weighted by atomic mass is 9.96. The molecule has 0 fully saturated rings. The zero-order valence-electron chi connectivity index (χ0n) is 11.2. The molecule has 1 heterocycles. The molecule has 6 heteroatoms. The molecule has 0 saturated heterocycles. The Kier molecular flexibility index (Phi) is 3.60. The van der Waals surface area contributed by atoms with Gasteiger partial charge in [0, 0.05) is 28.1 Å². The Hall–Kier alpha value is -2.01. The van der Waals surface area contributed by atoms with Crippen molar-refractivity contribution >= 4 is 17.4 Å². The molecule has 1 unspecified atom stereocenters. The highest BCUT2D eigenvalue weighted by atomic mass is 35.5. The number of Topliss-reactive ketones (excluding diaryl/α,β-unsaturated/α-hetero) is 1. The van der Waals surface area contributed by atoms with Crippen LogP contribution in [0, 0.1) is 0 Å². The van der Waals surface area contributed by atoms with Crippen molar-refractivity contribution in [2.45, 2.75) is 18.7 Å². The predicted molar refractivity (Wildman–Crippen MR) is 75.4 cm³/mol. The van der Waals surface area contributed by atoms with Crippen molar-refractivity contribution in [3.63, 3.8) is 0 Å². The highest BCUT2D eigenvalue weighted by Gasteiger charge is 2.41. The highest BCUT2D eigenvalue weighted by molar-refractivity contribution is 6.31. The smallest absolute Gasteiger partial charge is 0.454 e. The average Bonchev–Trinajstić information content (AvgIpc) is 2.91. The van der Waals surface area contributed by atoms with Crippen LogP contribution in [0.4, 0.5) is 13.2 Å². The quantitative estimate of drug-likeness (QED) is 0.744. The molecule has 1 atom stereocenters. The van der Waals surface area contributed by atoms with Crippen LogP contribution in [0.1, 0.15) is 27.6 Å². The number of alkyl halides is 3. The van der Waals surface area contributed by atoms with Crippen LogP contribution in [0.2, 0.25) is 5.02 Å². The van der Waals surface area contributed by atoms with Crippen LogP contribution in [0.15, 0.2) is 42.5 Å². The van der Waals surface area contributed by atoms with Crippen molar-refractivity contribution in [3.8, 4) is 5.75 Å². The van der Waals surface area contributed by atoms with Gasteiger partial charge < -0.3 is 4.74 Å². The standard InChI is InChI=1S/C16H10ClF3O2/c17-12-6-3-7-13-11(12)8-14(22-13)9-4-1-2-5-10(9)15(21)16(18,19)20/h1-7,14H,8H2. The third kappa shape index (κ3) is 2.57. The molecule has 114 valence electrons. The minimum absolute atomic E-state index is 0.220. The molecule has 2 nitrogen and oxygen atoms in total. The van der Waals surface area contributed by atoms with Crippen LogP contribution in [0.25, 0.3) is 0 Å². The van der Waals surface area contributed by atoms with Gasteiger partial charge in [-0.05, 0) is 12.1 Å². The molecule has 22 heavy (non-hydrogen) atoms. The number of carbonyl (C=O) groups is 1. The Morgan fingerprint density at radius 1 is 1.14 bits per heavy atom. The molecule has 0 aliphatic carbocycles. The van der Waals surface area contributed by atoms with Crippen molar-refractivity contribution in [1.82, 2.24) is 0 Å². The number of hydrogen-bond donors (Lipinski definition) is 0. The summed E-state index contributed by atoms with van der Waals surface area (Å²) in [5.41, 5.74) is 0.574. The molecule has 2 aromatic carbocycles. The molecular formula is C16H10ClF3O2. The number of fused-ring (bicyclic) bond motifs is 1. The van der Waals surface area contributed by atoms with E-state index in [1.165, 1.54) is 18.2 Å². The third-order valence-corrected chi connectivity index (χ3v) is 3.90. The fourth-order valence-electron chi connectivity index (χ4n) is 2.54. The summed E-state index contributed by atoms with van der Waals surface area (Å²) in [6, 6.07) is 10.7. The zero-order valence-corrected chi connectivity index (χ0v) is 11.9. The van der Waals surface area contributed by atoms with E-state index in [2.05, 4.69) is 0 Å². The number of ether oxygens (including phenoxy) is 1. The largest absolute Gasteiger partial charge is 0.485 e. The van der Waals surface area contributed by atoms with Gasteiger partial charge in [-0.3, -0.25) is 4.79 Å². The normalized spacial score (nSPS) is 17.0. The third-order valence-electron chi connectivity index (χ3n) is 3.54. The summed E-state index contributed by atoms with van der Waals surface area (Å²) < 4.78 is 43.8. The van der Waals surface area contributed by atoms with Crippen molar-refractivity contribution in [3.05, 3.63) is 64.2 Å². The van der Waals surface area contributed by atoms with Gasteiger partial charge in [0.1, 0.15) is 11.9 Å². The lowest BCUT2D eigenvalue weighted by molar-refractivity contribution is -0.0886. The molecule has 0 aromatic heterocycles. The van der Waals surface area contributed by atoms with Crippen molar-refractivity contribution < 1.29 is 22.7 Å². The van der Waals surface area contributed by atoms with E-state index in [0.717, 1.165) is 5.56 Å². The first-order valence-electron chi connectivity index (χ1n) is 6.52. The van der Waals surface area contributed by atoms with Gasteiger partial charge in [-0.1, -0.05) is 41.9 Å². The van der Waals surface area contributed by atoms with Crippen molar-refractivity contribution in [2.24, 2.45) is 0 Å². The number of rotatable bonds is 2. The van der Waals surface area contributed by atoms with Crippen LogP contribution in [0.5, 0.6) is 5.75 Å². The van der Waals surface area contributed by atoms with Crippen LogP contribution in [-0.4, -0.2) is 12.0 Å². The number of carbonyl (C=O) groups excluding carboxylic acids is 1. The lowest BCUT2D eigenvalue weighted by Crippen LogP contribution is -2.25. The first kappa shape index (κ1) is 14.9. The second kappa shape index (κ2) is 5.32. The molecule has 0 N–H and O–H groups in total. The predicted octanol–water partition coefficient (Wildman–Crippen LogP) is 4.76. The van der Waals surface area contributed by atoms with Crippen LogP contribution >= 0.6 is 11.6 Å². The van der Waals surface area contributed by atoms with Gasteiger partial charge >= 0.3 is 6.18 Å². The highest BCUT2D eigenvalue weighted by Crippen LogP contribution is 2.41. The fourth-order valence-corrected chi connectivity index (χ4v) is 2.78. The maximum absolute atomic E-state index is 12.7. The Bertz CT molecular complexity index is 740. The Balaban J connectivity index is 1.99. The van der Waals surface area contributed by atoms with Crippen LogP contribution < -0.4 is 4.74 Å². The first-order chi connectivity index (χ1) is 10.4. The number of halogens is 4. The van der Waals surface area contributed by atoms with Gasteiger partial charge in [0.25, 0.3) is 5.78 Å². The maximum Gasteiger partial charge on any atom is 0.454 e.